The third kappa shape index (κ3) is 5.76. The monoisotopic (exact) mass is 349 g/mol. The molecule has 0 radical (unpaired) electrons. The summed E-state index contributed by atoms with van der Waals surface area (Å²) in [5, 5.41) is 3.38. The van der Waals surface area contributed by atoms with Gasteiger partial charge in [0.05, 0.1) is 19.0 Å². The zero-order valence-corrected chi connectivity index (χ0v) is 15.6. The zero-order chi connectivity index (χ0) is 18.1. The molecule has 1 aromatic rings. The van der Waals surface area contributed by atoms with Crippen LogP contribution in [-0.2, 0) is 9.53 Å². The number of guanidine groups is 1. The quantitative estimate of drug-likeness (QED) is 0.353. The highest BCUT2D eigenvalue weighted by molar-refractivity contribution is 5.80. The van der Waals surface area contributed by atoms with Crippen LogP contribution in [0.1, 0.15) is 46.1 Å². The van der Waals surface area contributed by atoms with Gasteiger partial charge < -0.3 is 19.5 Å². The molecule has 1 aliphatic rings. The smallest absolute Gasteiger partial charge is 0.305 e. The van der Waals surface area contributed by atoms with Crippen LogP contribution in [-0.4, -0.2) is 59.2 Å². The Bertz CT molecular complexity index is 544. The molecule has 7 nitrogen and oxygen atoms in total. The highest BCUT2D eigenvalue weighted by atomic mass is 16.5. The third-order valence-electron chi connectivity index (χ3n) is 4.57. The zero-order valence-electron chi connectivity index (χ0n) is 15.6. The molecule has 7 heteroatoms. The number of hydrogen-bond acceptors (Lipinski definition) is 4. The number of imidazole rings is 1. The molecule has 0 saturated carbocycles. The Labute approximate surface area is 150 Å². The van der Waals surface area contributed by atoms with Gasteiger partial charge in [-0.2, -0.15) is 0 Å². The maximum Gasteiger partial charge on any atom is 0.305 e. The Morgan fingerprint density at radius 2 is 2.28 bits per heavy atom. The van der Waals surface area contributed by atoms with Crippen LogP contribution >= 0.6 is 0 Å². The minimum absolute atomic E-state index is 0.144. The van der Waals surface area contributed by atoms with Crippen LogP contribution in [0.15, 0.2) is 23.7 Å². The van der Waals surface area contributed by atoms with Gasteiger partial charge in [0.2, 0.25) is 0 Å². The van der Waals surface area contributed by atoms with E-state index >= 15 is 0 Å². The molecule has 1 aliphatic heterocycles. The van der Waals surface area contributed by atoms with Gasteiger partial charge in [0.1, 0.15) is 0 Å². The average Bonchev–Trinajstić information content (AvgIpc) is 3.13. The topological polar surface area (TPSA) is 71.8 Å². The molecule has 2 rings (SSSR count). The lowest BCUT2D eigenvalue weighted by molar-refractivity contribution is -0.143. The van der Waals surface area contributed by atoms with Gasteiger partial charge in [-0.25, -0.2) is 4.98 Å². The van der Waals surface area contributed by atoms with E-state index < -0.39 is 0 Å². The van der Waals surface area contributed by atoms with Gasteiger partial charge in [-0.3, -0.25) is 9.79 Å². The molecule has 140 valence electrons. The summed E-state index contributed by atoms with van der Waals surface area (Å²) in [6.07, 6.45) is 8.02. The van der Waals surface area contributed by atoms with E-state index in [0.717, 1.165) is 32.0 Å². The van der Waals surface area contributed by atoms with Crippen molar-refractivity contribution in [2.24, 2.45) is 10.9 Å². The number of esters is 1. The first-order valence-corrected chi connectivity index (χ1v) is 9.32. The number of nitrogens with zero attached hydrogens (tertiary/aromatic N) is 4. The Kier molecular flexibility index (Phi) is 7.76. The van der Waals surface area contributed by atoms with E-state index in [4.69, 9.17) is 9.73 Å². The average molecular weight is 349 g/mol. The molecule has 2 atom stereocenters. The SMILES string of the molecule is CCNC(=NCCCC(=O)OCC)N1CCC(C)C(n2ccnc2)C1. The molecule has 25 heavy (non-hydrogen) atoms. The molecule has 1 fully saturated rings. The number of piperidine rings is 1. The Balaban J connectivity index is 1.94. The first kappa shape index (κ1) is 19.3. The minimum atomic E-state index is -0.144. The van der Waals surface area contributed by atoms with Crippen LogP contribution < -0.4 is 5.32 Å². The number of aliphatic imine (C=N–C) groups is 1. The van der Waals surface area contributed by atoms with Gasteiger partial charge in [0.15, 0.2) is 5.96 Å². The van der Waals surface area contributed by atoms with E-state index in [2.05, 4.69) is 33.6 Å². The molecular formula is C18H31N5O2. The lowest BCUT2D eigenvalue weighted by Gasteiger charge is -2.39. The van der Waals surface area contributed by atoms with Crippen LogP contribution in [0, 0.1) is 5.92 Å². The molecule has 1 saturated heterocycles. The number of aromatic nitrogens is 2. The van der Waals surface area contributed by atoms with Crippen molar-refractivity contribution >= 4 is 11.9 Å². The lowest BCUT2D eigenvalue weighted by atomic mass is 9.93. The second-order valence-electron chi connectivity index (χ2n) is 6.43. The van der Waals surface area contributed by atoms with Crippen molar-refractivity contribution in [3.63, 3.8) is 0 Å². The van der Waals surface area contributed by atoms with Crippen molar-refractivity contribution in [1.29, 1.82) is 0 Å². The maximum atomic E-state index is 11.4. The van der Waals surface area contributed by atoms with Gasteiger partial charge in [-0.15, -0.1) is 0 Å². The summed E-state index contributed by atoms with van der Waals surface area (Å²) in [6.45, 7) is 10.0. The summed E-state index contributed by atoms with van der Waals surface area (Å²) in [7, 11) is 0. The van der Waals surface area contributed by atoms with E-state index in [1.807, 2.05) is 25.6 Å². The van der Waals surface area contributed by atoms with Crippen LogP contribution in [0.5, 0.6) is 0 Å². The first-order chi connectivity index (χ1) is 12.2. The number of rotatable bonds is 7. The molecule has 0 amide bonds. The van der Waals surface area contributed by atoms with Crippen LogP contribution in [0.25, 0.3) is 0 Å². The number of carbonyl (C=O) groups is 1. The molecule has 0 aliphatic carbocycles. The van der Waals surface area contributed by atoms with Gasteiger partial charge in [0.25, 0.3) is 0 Å². The molecule has 0 spiro atoms. The first-order valence-electron chi connectivity index (χ1n) is 9.32. The summed E-state index contributed by atoms with van der Waals surface area (Å²) in [4.78, 5) is 22.6. The van der Waals surface area contributed by atoms with Crippen molar-refractivity contribution in [3.8, 4) is 0 Å². The normalized spacial score (nSPS) is 21.2. The number of nitrogens with one attached hydrogen (secondary N) is 1. The van der Waals surface area contributed by atoms with Gasteiger partial charge >= 0.3 is 5.97 Å². The molecule has 2 unspecified atom stereocenters. The predicted molar refractivity (Wildman–Crippen MR) is 98.5 cm³/mol. The second-order valence-corrected chi connectivity index (χ2v) is 6.43. The summed E-state index contributed by atoms with van der Waals surface area (Å²) in [5.74, 6) is 1.40. The fourth-order valence-corrected chi connectivity index (χ4v) is 3.16. The Morgan fingerprint density at radius 3 is 2.96 bits per heavy atom. The highest BCUT2D eigenvalue weighted by Crippen LogP contribution is 2.27. The van der Waals surface area contributed by atoms with Gasteiger partial charge in [-0.05, 0) is 32.6 Å². The number of likely N-dealkylation sites (tertiary alicyclic amines) is 1. The minimum Gasteiger partial charge on any atom is -0.466 e. The summed E-state index contributed by atoms with van der Waals surface area (Å²) in [6, 6.07) is 0.402. The van der Waals surface area contributed by atoms with Crippen LogP contribution in [0.3, 0.4) is 0 Å². The fraction of sp³-hybridized carbons (Fsp3) is 0.722. The van der Waals surface area contributed by atoms with Crippen molar-refractivity contribution in [1.82, 2.24) is 19.8 Å². The molecule has 0 aromatic carbocycles. The Morgan fingerprint density at radius 1 is 1.44 bits per heavy atom. The molecule has 0 bridgehead atoms. The molecule has 1 aromatic heterocycles. The van der Waals surface area contributed by atoms with Gasteiger partial charge in [-0.1, -0.05) is 6.92 Å². The third-order valence-corrected chi connectivity index (χ3v) is 4.57. The van der Waals surface area contributed by atoms with Crippen molar-refractivity contribution in [3.05, 3.63) is 18.7 Å². The van der Waals surface area contributed by atoms with E-state index in [-0.39, 0.29) is 5.97 Å². The van der Waals surface area contributed by atoms with Crippen molar-refractivity contribution in [2.75, 3.05) is 32.8 Å². The molecule has 1 N–H and O–H groups in total. The number of hydrogen-bond donors (Lipinski definition) is 1. The second kappa shape index (κ2) is 10.1. The van der Waals surface area contributed by atoms with Crippen LogP contribution in [0.2, 0.25) is 0 Å². The molecular weight excluding hydrogens is 318 g/mol. The largest absolute Gasteiger partial charge is 0.466 e. The summed E-state index contributed by atoms with van der Waals surface area (Å²) >= 11 is 0. The van der Waals surface area contributed by atoms with E-state index in [1.165, 1.54) is 0 Å². The predicted octanol–water partition coefficient (Wildman–Crippen LogP) is 2.07. The standard InChI is InChI=1S/C18H31N5O2/c1-4-20-18(21-9-6-7-17(24)25-5-2)22-11-8-15(3)16(13-22)23-12-10-19-14-23/h10,12,14-16H,4-9,11,13H2,1-3H3,(H,20,21). The van der Waals surface area contributed by atoms with Gasteiger partial charge in [0, 0.05) is 45.0 Å². The lowest BCUT2D eigenvalue weighted by Crippen LogP contribution is -2.49. The molecule has 2 heterocycles. The number of carbonyl (C=O) groups excluding carboxylic acids is 1. The highest BCUT2D eigenvalue weighted by Gasteiger charge is 2.28. The summed E-state index contributed by atoms with van der Waals surface area (Å²) < 4.78 is 7.15. The van der Waals surface area contributed by atoms with Crippen LogP contribution in [0.4, 0.5) is 0 Å². The van der Waals surface area contributed by atoms with Crippen molar-refractivity contribution < 1.29 is 9.53 Å². The van der Waals surface area contributed by atoms with E-state index in [1.54, 1.807) is 0 Å². The maximum absolute atomic E-state index is 11.4. The fourth-order valence-electron chi connectivity index (χ4n) is 3.16. The summed E-state index contributed by atoms with van der Waals surface area (Å²) in [5.41, 5.74) is 0. The van der Waals surface area contributed by atoms with E-state index in [0.29, 0.717) is 38.0 Å². The Hall–Kier alpha value is -2.05. The van der Waals surface area contributed by atoms with Crippen molar-refractivity contribution in [2.45, 2.75) is 46.1 Å². The van der Waals surface area contributed by atoms with E-state index in [9.17, 15) is 4.79 Å². The number of ether oxygens (including phenoxy) is 1.